The molecule has 82 valence electrons. The molecule has 0 fully saturated rings. The van der Waals surface area contributed by atoms with Crippen LogP contribution >= 0.6 is 0 Å². The second-order valence-corrected chi connectivity index (χ2v) is 4.97. The fourth-order valence-electron chi connectivity index (χ4n) is 2.31. The first-order chi connectivity index (χ1) is 7.08. The molecule has 0 saturated heterocycles. The van der Waals surface area contributed by atoms with Gasteiger partial charge in [0.15, 0.2) is 0 Å². The van der Waals surface area contributed by atoms with Crippen molar-refractivity contribution in [1.82, 2.24) is 0 Å². The lowest BCUT2D eigenvalue weighted by Gasteiger charge is -2.21. The summed E-state index contributed by atoms with van der Waals surface area (Å²) >= 11 is 0. The lowest BCUT2D eigenvalue weighted by atomic mass is 10.1. The molecular weight excluding hydrogens is 184 g/mol. The van der Waals surface area contributed by atoms with Crippen LogP contribution in [0.15, 0.2) is 18.2 Å². The molecule has 0 aromatic heterocycles. The Hall–Kier alpha value is -1.02. The predicted octanol–water partition coefficient (Wildman–Crippen LogP) is 2.47. The third kappa shape index (κ3) is 2.00. The lowest BCUT2D eigenvalue weighted by Crippen LogP contribution is -2.28. The van der Waals surface area contributed by atoms with E-state index in [9.17, 15) is 0 Å². The van der Waals surface area contributed by atoms with Gasteiger partial charge in [-0.05, 0) is 24.5 Å². The summed E-state index contributed by atoms with van der Waals surface area (Å²) in [6, 6.07) is 6.79. The van der Waals surface area contributed by atoms with Crippen molar-refractivity contribution in [1.29, 1.82) is 0 Å². The number of hydrogen-bond acceptors (Lipinski definition) is 2. The van der Waals surface area contributed by atoms with E-state index in [0.717, 1.165) is 13.1 Å². The molecule has 0 saturated carbocycles. The van der Waals surface area contributed by atoms with Gasteiger partial charge in [0.1, 0.15) is 0 Å². The number of aryl methyl sites for hydroxylation is 1. The number of anilines is 1. The van der Waals surface area contributed by atoms with E-state index in [0.29, 0.717) is 5.92 Å². The van der Waals surface area contributed by atoms with E-state index in [4.69, 9.17) is 5.73 Å². The fourth-order valence-corrected chi connectivity index (χ4v) is 2.31. The molecule has 2 rings (SSSR count). The minimum Gasteiger partial charge on any atom is -0.369 e. The Morgan fingerprint density at radius 3 is 2.87 bits per heavy atom. The number of hydrogen-bond donors (Lipinski definition) is 1. The molecular formula is C13H20N2. The summed E-state index contributed by atoms with van der Waals surface area (Å²) in [7, 11) is 0. The molecule has 1 aliphatic rings. The Balaban J connectivity index is 2.30. The number of benzene rings is 1. The maximum absolute atomic E-state index is 6.14. The van der Waals surface area contributed by atoms with Gasteiger partial charge in [-0.1, -0.05) is 31.5 Å². The first-order valence-corrected chi connectivity index (χ1v) is 5.69. The minimum absolute atomic E-state index is 0.193. The van der Waals surface area contributed by atoms with Gasteiger partial charge in [0.25, 0.3) is 0 Å². The quantitative estimate of drug-likeness (QED) is 0.802. The fraction of sp³-hybridized carbons (Fsp3) is 0.538. The van der Waals surface area contributed by atoms with E-state index in [1.165, 1.54) is 16.8 Å². The molecule has 1 heterocycles. The maximum Gasteiger partial charge on any atom is 0.0493 e. The average molecular weight is 204 g/mol. The maximum atomic E-state index is 6.14. The van der Waals surface area contributed by atoms with Crippen LogP contribution in [0.25, 0.3) is 0 Å². The SMILES string of the molecule is Cc1ccc2c(c1)C(N)CN2CC(C)C. The highest BCUT2D eigenvalue weighted by atomic mass is 15.2. The summed E-state index contributed by atoms with van der Waals surface area (Å²) in [5.41, 5.74) is 10.1. The zero-order chi connectivity index (χ0) is 11.0. The first kappa shape index (κ1) is 10.5. The minimum atomic E-state index is 0.193. The lowest BCUT2D eigenvalue weighted by molar-refractivity contribution is 0.603. The summed E-state index contributed by atoms with van der Waals surface area (Å²) in [6.45, 7) is 8.69. The van der Waals surface area contributed by atoms with Gasteiger partial charge in [0, 0.05) is 24.8 Å². The van der Waals surface area contributed by atoms with E-state index in [2.05, 4.69) is 43.9 Å². The second kappa shape index (κ2) is 3.86. The van der Waals surface area contributed by atoms with Gasteiger partial charge >= 0.3 is 0 Å². The largest absolute Gasteiger partial charge is 0.369 e. The monoisotopic (exact) mass is 204 g/mol. The van der Waals surface area contributed by atoms with Crippen LogP contribution < -0.4 is 10.6 Å². The molecule has 15 heavy (non-hydrogen) atoms. The van der Waals surface area contributed by atoms with E-state index < -0.39 is 0 Å². The normalized spacial score (nSPS) is 19.8. The molecule has 2 nitrogen and oxygen atoms in total. The third-order valence-corrected chi connectivity index (χ3v) is 2.93. The molecule has 2 N–H and O–H groups in total. The number of rotatable bonds is 2. The molecule has 1 aliphatic heterocycles. The first-order valence-electron chi connectivity index (χ1n) is 5.69. The smallest absolute Gasteiger partial charge is 0.0493 e. The van der Waals surface area contributed by atoms with Crippen LogP contribution in [-0.2, 0) is 0 Å². The average Bonchev–Trinajstić information content (AvgIpc) is 2.42. The van der Waals surface area contributed by atoms with Crippen LogP contribution in [0.1, 0.15) is 31.0 Å². The zero-order valence-electron chi connectivity index (χ0n) is 9.83. The Bertz CT molecular complexity index is 358. The van der Waals surface area contributed by atoms with Crippen LogP contribution in [-0.4, -0.2) is 13.1 Å². The van der Waals surface area contributed by atoms with E-state index in [-0.39, 0.29) is 6.04 Å². The molecule has 1 aromatic rings. The Labute approximate surface area is 92.1 Å². The summed E-state index contributed by atoms with van der Waals surface area (Å²) in [4.78, 5) is 2.41. The molecule has 0 spiro atoms. The van der Waals surface area contributed by atoms with Gasteiger partial charge in [-0.25, -0.2) is 0 Å². The van der Waals surface area contributed by atoms with Crippen molar-refractivity contribution < 1.29 is 0 Å². The standard InChI is InChI=1S/C13H20N2/c1-9(2)7-15-8-12(14)11-6-10(3)4-5-13(11)15/h4-6,9,12H,7-8,14H2,1-3H3. The molecule has 2 heteroatoms. The van der Waals surface area contributed by atoms with Gasteiger partial charge in [-0.15, -0.1) is 0 Å². The van der Waals surface area contributed by atoms with Crippen LogP contribution in [0, 0.1) is 12.8 Å². The van der Waals surface area contributed by atoms with Gasteiger partial charge in [-0.3, -0.25) is 0 Å². The van der Waals surface area contributed by atoms with E-state index >= 15 is 0 Å². The highest BCUT2D eigenvalue weighted by Gasteiger charge is 2.25. The van der Waals surface area contributed by atoms with Crippen LogP contribution in [0.5, 0.6) is 0 Å². The molecule has 1 unspecified atom stereocenters. The predicted molar refractivity (Wildman–Crippen MR) is 65.2 cm³/mol. The Kier molecular flexibility index (Phi) is 2.70. The second-order valence-electron chi connectivity index (χ2n) is 4.97. The molecule has 0 aliphatic carbocycles. The Morgan fingerprint density at radius 2 is 2.20 bits per heavy atom. The molecule has 1 atom stereocenters. The van der Waals surface area contributed by atoms with Crippen molar-refractivity contribution in [2.24, 2.45) is 11.7 Å². The summed E-state index contributed by atoms with van der Waals surface area (Å²) < 4.78 is 0. The summed E-state index contributed by atoms with van der Waals surface area (Å²) in [5.74, 6) is 0.685. The van der Waals surface area contributed by atoms with Gasteiger partial charge in [-0.2, -0.15) is 0 Å². The number of nitrogens with two attached hydrogens (primary N) is 1. The highest BCUT2D eigenvalue weighted by Crippen LogP contribution is 2.34. The van der Waals surface area contributed by atoms with Crippen molar-refractivity contribution in [2.45, 2.75) is 26.8 Å². The molecule has 0 radical (unpaired) electrons. The van der Waals surface area contributed by atoms with Crippen molar-refractivity contribution >= 4 is 5.69 Å². The van der Waals surface area contributed by atoms with Gasteiger partial charge < -0.3 is 10.6 Å². The van der Waals surface area contributed by atoms with Crippen molar-refractivity contribution in [3.63, 3.8) is 0 Å². The Morgan fingerprint density at radius 1 is 1.47 bits per heavy atom. The molecule has 1 aromatic carbocycles. The highest BCUT2D eigenvalue weighted by molar-refractivity contribution is 5.60. The van der Waals surface area contributed by atoms with Crippen molar-refractivity contribution in [3.8, 4) is 0 Å². The molecule has 0 bridgehead atoms. The van der Waals surface area contributed by atoms with Crippen LogP contribution in [0.3, 0.4) is 0 Å². The van der Waals surface area contributed by atoms with Crippen molar-refractivity contribution in [3.05, 3.63) is 29.3 Å². The summed E-state index contributed by atoms with van der Waals surface area (Å²) in [5, 5.41) is 0. The van der Waals surface area contributed by atoms with Gasteiger partial charge in [0.05, 0.1) is 0 Å². The third-order valence-electron chi connectivity index (χ3n) is 2.93. The summed E-state index contributed by atoms with van der Waals surface area (Å²) in [6.07, 6.45) is 0. The van der Waals surface area contributed by atoms with Crippen LogP contribution in [0.2, 0.25) is 0 Å². The van der Waals surface area contributed by atoms with Gasteiger partial charge in [0.2, 0.25) is 0 Å². The van der Waals surface area contributed by atoms with E-state index in [1.54, 1.807) is 0 Å². The number of nitrogens with zero attached hydrogens (tertiary/aromatic N) is 1. The zero-order valence-corrected chi connectivity index (χ0v) is 9.83. The number of fused-ring (bicyclic) bond motifs is 1. The van der Waals surface area contributed by atoms with Crippen molar-refractivity contribution in [2.75, 3.05) is 18.0 Å². The molecule has 0 amide bonds. The van der Waals surface area contributed by atoms with Crippen LogP contribution in [0.4, 0.5) is 5.69 Å². The van der Waals surface area contributed by atoms with E-state index in [1.807, 2.05) is 0 Å². The topological polar surface area (TPSA) is 29.3 Å².